The summed E-state index contributed by atoms with van der Waals surface area (Å²) in [6.07, 6.45) is 2.74. The molecule has 37 heavy (non-hydrogen) atoms. The second-order valence-corrected chi connectivity index (χ2v) is 9.29. The molecule has 0 fully saturated rings. The molecule has 3 nitrogen and oxygen atoms in total. The standard InChI is InChI=1S/C33H28ClNO2/c1-2-24(25-10-4-3-5-11-25)20-31-27(13-8-16-32(31)34)22-36-29-14-9-15-30(21-29)37-23-28-19-18-26-12-6-7-17-33(26)35-28/h2-19,21,24H,1,20,22-23H2. The third-order valence-electron chi connectivity index (χ3n) is 6.39. The maximum Gasteiger partial charge on any atom is 0.130 e. The number of halogens is 1. The highest BCUT2D eigenvalue weighted by Gasteiger charge is 2.15. The fraction of sp³-hybridized carbons (Fsp3) is 0.121. The first-order chi connectivity index (χ1) is 18.2. The topological polar surface area (TPSA) is 31.4 Å². The molecule has 1 aromatic heterocycles. The lowest BCUT2D eigenvalue weighted by Crippen LogP contribution is -2.06. The number of nitrogens with zero attached hydrogens (tertiary/aromatic N) is 1. The Hall–Kier alpha value is -4.08. The van der Waals surface area contributed by atoms with Crippen molar-refractivity contribution in [2.75, 3.05) is 0 Å². The number of fused-ring (bicyclic) bond motifs is 1. The van der Waals surface area contributed by atoms with E-state index in [1.807, 2.05) is 84.9 Å². The van der Waals surface area contributed by atoms with Crippen LogP contribution in [0.2, 0.25) is 5.02 Å². The molecule has 0 saturated heterocycles. The summed E-state index contributed by atoms with van der Waals surface area (Å²) >= 11 is 6.64. The largest absolute Gasteiger partial charge is 0.489 e. The van der Waals surface area contributed by atoms with E-state index in [0.717, 1.165) is 50.7 Å². The maximum atomic E-state index is 6.64. The van der Waals surface area contributed by atoms with Crippen LogP contribution in [0.25, 0.3) is 10.9 Å². The van der Waals surface area contributed by atoms with Gasteiger partial charge in [-0.2, -0.15) is 0 Å². The van der Waals surface area contributed by atoms with Gasteiger partial charge in [0.1, 0.15) is 24.7 Å². The number of pyridine rings is 1. The number of rotatable bonds is 10. The van der Waals surface area contributed by atoms with Crippen molar-refractivity contribution >= 4 is 22.5 Å². The second kappa shape index (κ2) is 11.8. The van der Waals surface area contributed by atoms with Crippen LogP contribution in [-0.4, -0.2) is 4.98 Å². The molecule has 0 amide bonds. The fourth-order valence-electron chi connectivity index (χ4n) is 4.39. The Balaban J connectivity index is 1.26. The predicted octanol–water partition coefficient (Wildman–Crippen LogP) is 8.56. The van der Waals surface area contributed by atoms with Crippen LogP contribution < -0.4 is 9.47 Å². The summed E-state index contributed by atoms with van der Waals surface area (Å²) in [7, 11) is 0. The molecule has 5 aromatic rings. The number of allylic oxidation sites excluding steroid dienone is 1. The van der Waals surface area contributed by atoms with Crippen molar-refractivity contribution < 1.29 is 9.47 Å². The summed E-state index contributed by atoms with van der Waals surface area (Å²) in [5, 5.41) is 1.86. The molecule has 1 unspecified atom stereocenters. The van der Waals surface area contributed by atoms with Crippen LogP contribution in [0.1, 0.15) is 28.3 Å². The molecule has 0 aliphatic heterocycles. The minimum Gasteiger partial charge on any atom is -0.489 e. The Kier molecular flexibility index (Phi) is 7.83. The molecule has 4 heteroatoms. The van der Waals surface area contributed by atoms with Crippen LogP contribution in [0.4, 0.5) is 0 Å². The summed E-state index contributed by atoms with van der Waals surface area (Å²) in [6.45, 7) is 4.85. The predicted molar refractivity (Wildman–Crippen MR) is 151 cm³/mol. The maximum absolute atomic E-state index is 6.64. The zero-order valence-corrected chi connectivity index (χ0v) is 21.3. The molecule has 0 spiro atoms. The molecule has 1 atom stereocenters. The van der Waals surface area contributed by atoms with Gasteiger partial charge in [-0.1, -0.05) is 90.5 Å². The van der Waals surface area contributed by atoms with Crippen LogP contribution in [-0.2, 0) is 19.6 Å². The molecule has 0 aliphatic carbocycles. The quantitative estimate of drug-likeness (QED) is 0.178. The van der Waals surface area contributed by atoms with Crippen molar-refractivity contribution in [2.24, 2.45) is 0 Å². The third kappa shape index (κ3) is 6.19. The van der Waals surface area contributed by atoms with Gasteiger partial charge in [0.25, 0.3) is 0 Å². The first-order valence-corrected chi connectivity index (χ1v) is 12.7. The van der Waals surface area contributed by atoms with E-state index in [-0.39, 0.29) is 5.92 Å². The van der Waals surface area contributed by atoms with E-state index in [2.05, 4.69) is 41.9 Å². The van der Waals surface area contributed by atoms with Gasteiger partial charge in [0, 0.05) is 22.4 Å². The van der Waals surface area contributed by atoms with Gasteiger partial charge < -0.3 is 9.47 Å². The number of para-hydroxylation sites is 1. The van der Waals surface area contributed by atoms with Gasteiger partial charge in [-0.25, -0.2) is 4.98 Å². The minimum absolute atomic E-state index is 0.167. The van der Waals surface area contributed by atoms with E-state index in [4.69, 9.17) is 21.1 Å². The SMILES string of the molecule is C=CC(Cc1c(Cl)cccc1COc1cccc(OCc2ccc3ccccc3n2)c1)c1ccccc1. The average Bonchev–Trinajstić information content (AvgIpc) is 2.95. The lowest BCUT2D eigenvalue weighted by atomic mass is 9.90. The Morgan fingerprint density at radius 3 is 2.30 bits per heavy atom. The molecule has 0 radical (unpaired) electrons. The number of hydrogen-bond acceptors (Lipinski definition) is 3. The van der Waals surface area contributed by atoms with Gasteiger partial charge in [0.05, 0.1) is 11.2 Å². The number of benzene rings is 4. The van der Waals surface area contributed by atoms with Crippen LogP contribution in [0.5, 0.6) is 11.5 Å². The van der Waals surface area contributed by atoms with Gasteiger partial charge >= 0.3 is 0 Å². The minimum atomic E-state index is 0.167. The van der Waals surface area contributed by atoms with E-state index < -0.39 is 0 Å². The van der Waals surface area contributed by atoms with Crippen LogP contribution in [0.15, 0.2) is 122 Å². The number of ether oxygens (including phenoxy) is 2. The lowest BCUT2D eigenvalue weighted by Gasteiger charge is -2.18. The first-order valence-electron chi connectivity index (χ1n) is 12.3. The molecule has 0 aliphatic rings. The molecule has 0 N–H and O–H groups in total. The fourth-order valence-corrected chi connectivity index (χ4v) is 4.66. The van der Waals surface area contributed by atoms with Crippen molar-refractivity contribution in [2.45, 2.75) is 25.6 Å². The molecule has 5 rings (SSSR count). The summed E-state index contributed by atoms with van der Waals surface area (Å²) < 4.78 is 12.2. The van der Waals surface area contributed by atoms with Gasteiger partial charge in [-0.3, -0.25) is 0 Å². The van der Waals surface area contributed by atoms with Crippen molar-refractivity contribution in [3.8, 4) is 11.5 Å². The van der Waals surface area contributed by atoms with Gasteiger partial charge in [-0.05, 0) is 53.4 Å². The molecule has 0 bridgehead atoms. The molecule has 0 saturated carbocycles. The lowest BCUT2D eigenvalue weighted by molar-refractivity contribution is 0.287. The van der Waals surface area contributed by atoms with E-state index in [0.29, 0.717) is 13.2 Å². The normalized spacial score (nSPS) is 11.7. The molecular formula is C33H28ClNO2. The highest BCUT2D eigenvalue weighted by atomic mass is 35.5. The second-order valence-electron chi connectivity index (χ2n) is 8.88. The van der Waals surface area contributed by atoms with Crippen molar-refractivity contribution in [1.82, 2.24) is 4.98 Å². The Labute approximate surface area is 223 Å². The molecular weight excluding hydrogens is 478 g/mol. The van der Waals surface area contributed by atoms with Crippen molar-refractivity contribution in [1.29, 1.82) is 0 Å². The summed E-state index contributed by atoms with van der Waals surface area (Å²) in [6, 6.07) is 36.2. The zero-order chi connectivity index (χ0) is 25.5. The first kappa shape index (κ1) is 24.6. The Morgan fingerprint density at radius 1 is 0.757 bits per heavy atom. The molecule has 1 heterocycles. The molecule has 4 aromatic carbocycles. The zero-order valence-electron chi connectivity index (χ0n) is 20.5. The monoisotopic (exact) mass is 505 g/mol. The third-order valence-corrected chi connectivity index (χ3v) is 6.75. The van der Waals surface area contributed by atoms with Crippen LogP contribution >= 0.6 is 11.6 Å². The van der Waals surface area contributed by atoms with Gasteiger partial charge in [0.15, 0.2) is 0 Å². The van der Waals surface area contributed by atoms with Gasteiger partial charge in [0.2, 0.25) is 0 Å². The molecule has 184 valence electrons. The number of aromatic nitrogens is 1. The van der Waals surface area contributed by atoms with Crippen LogP contribution in [0.3, 0.4) is 0 Å². The van der Waals surface area contributed by atoms with Crippen molar-refractivity contribution in [3.63, 3.8) is 0 Å². The summed E-state index contributed by atoms with van der Waals surface area (Å²) in [5.41, 5.74) is 5.19. The summed E-state index contributed by atoms with van der Waals surface area (Å²) in [5.74, 6) is 1.63. The van der Waals surface area contributed by atoms with E-state index in [9.17, 15) is 0 Å². The highest BCUT2D eigenvalue weighted by Crippen LogP contribution is 2.30. The van der Waals surface area contributed by atoms with Gasteiger partial charge in [-0.15, -0.1) is 6.58 Å². The Bertz CT molecular complexity index is 1500. The van der Waals surface area contributed by atoms with Crippen molar-refractivity contribution in [3.05, 3.63) is 149 Å². The van der Waals surface area contributed by atoms with E-state index in [1.165, 1.54) is 5.56 Å². The average molecular weight is 506 g/mol. The van der Waals surface area contributed by atoms with E-state index in [1.54, 1.807) is 0 Å². The van der Waals surface area contributed by atoms with E-state index >= 15 is 0 Å². The summed E-state index contributed by atoms with van der Waals surface area (Å²) in [4.78, 5) is 4.68. The highest BCUT2D eigenvalue weighted by molar-refractivity contribution is 6.31. The number of hydrogen-bond donors (Lipinski definition) is 0. The smallest absolute Gasteiger partial charge is 0.130 e. The van der Waals surface area contributed by atoms with Crippen LogP contribution in [0, 0.1) is 0 Å². The Morgan fingerprint density at radius 2 is 1.49 bits per heavy atom.